The Kier molecular flexibility index (Phi) is 4.35. The third-order valence-corrected chi connectivity index (χ3v) is 2.71. The number of hydrogen-bond donors (Lipinski definition) is 2. The Morgan fingerprint density at radius 2 is 2.43 bits per heavy atom. The van der Waals surface area contributed by atoms with Gasteiger partial charge in [-0.25, -0.2) is 0 Å². The molecule has 1 aliphatic rings. The van der Waals surface area contributed by atoms with Crippen LogP contribution in [0.1, 0.15) is 26.7 Å². The van der Waals surface area contributed by atoms with E-state index in [0.717, 1.165) is 32.5 Å². The van der Waals surface area contributed by atoms with Crippen LogP contribution in [0.15, 0.2) is 0 Å². The summed E-state index contributed by atoms with van der Waals surface area (Å²) in [6.07, 6.45) is 2.24. The van der Waals surface area contributed by atoms with Gasteiger partial charge in [-0.15, -0.1) is 0 Å². The van der Waals surface area contributed by atoms with Gasteiger partial charge in [0.05, 0.1) is 6.04 Å². The highest BCUT2D eigenvalue weighted by Gasteiger charge is 2.21. The number of amides is 1. The number of nitrogens with zero attached hydrogens (tertiary/aromatic N) is 1. The van der Waals surface area contributed by atoms with Gasteiger partial charge < -0.3 is 16.0 Å². The summed E-state index contributed by atoms with van der Waals surface area (Å²) in [5.41, 5.74) is 5.49. The first-order chi connectivity index (χ1) is 6.63. The molecule has 0 saturated carbocycles. The van der Waals surface area contributed by atoms with Gasteiger partial charge in [-0.05, 0) is 32.9 Å². The van der Waals surface area contributed by atoms with E-state index < -0.39 is 6.04 Å². The van der Waals surface area contributed by atoms with E-state index in [4.69, 9.17) is 5.73 Å². The number of nitrogens with one attached hydrogen (secondary N) is 1. The predicted octanol–water partition coefficient (Wildman–Crippen LogP) is -0.0659. The number of rotatable bonds is 3. The molecule has 2 atom stereocenters. The molecular formula is C10H21N3O. The van der Waals surface area contributed by atoms with Crippen LogP contribution in [0.2, 0.25) is 0 Å². The summed E-state index contributed by atoms with van der Waals surface area (Å²) in [5, 5.41) is 2.98. The van der Waals surface area contributed by atoms with Crippen LogP contribution in [0, 0.1) is 0 Å². The summed E-state index contributed by atoms with van der Waals surface area (Å²) in [7, 11) is 0. The fourth-order valence-corrected chi connectivity index (χ4v) is 1.79. The highest BCUT2D eigenvalue weighted by atomic mass is 16.2. The third-order valence-electron chi connectivity index (χ3n) is 2.71. The van der Waals surface area contributed by atoms with Crippen molar-refractivity contribution in [1.82, 2.24) is 10.2 Å². The molecule has 4 heteroatoms. The Bertz CT molecular complexity index is 194. The number of likely N-dealkylation sites (tertiary alicyclic amines) is 1. The van der Waals surface area contributed by atoms with Crippen molar-refractivity contribution in [2.24, 2.45) is 5.73 Å². The Morgan fingerprint density at radius 1 is 1.71 bits per heavy atom. The quantitative estimate of drug-likeness (QED) is 0.669. The van der Waals surface area contributed by atoms with Crippen molar-refractivity contribution in [3.8, 4) is 0 Å². The summed E-state index contributed by atoms with van der Waals surface area (Å²) in [5.74, 6) is -0.0343. The van der Waals surface area contributed by atoms with E-state index >= 15 is 0 Å². The molecule has 0 aromatic rings. The van der Waals surface area contributed by atoms with Crippen LogP contribution < -0.4 is 11.1 Å². The maximum Gasteiger partial charge on any atom is 0.236 e. The molecule has 0 spiro atoms. The zero-order chi connectivity index (χ0) is 10.6. The largest absolute Gasteiger partial charge is 0.351 e. The number of hydrogen-bond acceptors (Lipinski definition) is 3. The lowest BCUT2D eigenvalue weighted by Crippen LogP contribution is -2.51. The molecule has 14 heavy (non-hydrogen) atoms. The standard InChI is InChI=1S/C10H21N3O/c1-3-13-6-4-5-9(7-13)12-10(14)8(2)11/h8-9H,3-7,11H2,1-2H3,(H,12,14). The van der Waals surface area contributed by atoms with Gasteiger partial charge in [0.2, 0.25) is 5.91 Å². The van der Waals surface area contributed by atoms with Crippen molar-refractivity contribution >= 4 is 5.91 Å². The minimum absolute atomic E-state index is 0.0343. The number of piperidine rings is 1. The smallest absolute Gasteiger partial charge is 0.236 e. The molecule has 3 N–H and O–H groups in total. The fraction of sp³-hybridized carbons (Fsp3) is 0.900. The fourth-order valence-electron chi connectivity index (χ4n) is 1.79. The maximum absolute atomic E-state index is 11.4. The Morgan fingerprint density at radius 3 is 3.00 bits per heavy atom. The van der Waals surface area contributed by atoms with Crippen LogP contribution in [-0.2, 0) is 4.79 Å². The van der Waals surface area contributed by atoms with Crippen molar-refractivity contribution in [1.29, 1.82) is 0 Å². The molecular weight excluding hydrogens is 178 g/mol. The summed E-state index contributed by atoms with van der Waals surface area (Å²) in [6, 6.07) is -0.103. The van der Waals surface area contributed by atoms with Crippen molar-refractivity contribution in [2.45, 2.75) is 38.8 Å². The monoisotopic (exact) mass is 199 g/mol. The van der Waals surface area contributed by atoms with Gasteiger partial charge in [0.25, 0.3) is 0 Å². The van der Waals surface area contributed by atoms with E-state index in [1.807, 2.05) is 0 Å². The van der Waals surface area contributed by atoms with Crippen LogP contribution in [0.4, 0.5) is 0 Å². The second-order valence-electron chi connectivity index (χ2n) is 4.03. The molecule has 1 rings (SSSR count). The minimum Gasteiger partial charge on any atom is -0.351 e. The molecule has 2 unspecified atom stereocenters. The van der Waals surface area contributed by atoms with Crippen LogP contribution in [-0.4, -0.2) is 42.5 Å². The van der Waals surface area contributed by atoms with E-state index in [1.54, 1.807) is 6.92 Å². The van der Waals surface area contributed by atoms with E-state index in [2.05, 4.69) is 17.1 Å². The molecule has 0 radical (unpaired) electrons. The molecule has 82 valence electrons. The molecule has 0 aromatic heterocycles. The van der Waals surface area contributed by atoms with Gasteiger partial charge in [-0.3, -0.25) is 4.79 Å². The average Bonchev–Trinajstić information content (AvgIpc) is 2.18. The van der Waals surface area contributed by atoms with Crippen LogP contribution in [0.25, 0.3) is 0 Å². The van der Waals surface area contributed by atoms with Gasteiger partial charge in [0, 0.05) is 12.6 Å². The first kappa shape index (κ1) is 11.5. The van der Waals surface area contributed by atoms with E-state index in [-0.39, 0.29) is 5.91 Å². The van der Waals surface area contributed by atoms with Gasteiger partial charge in [-0.1, -0.05) is 6.92 Å². The second-order valence-corrected chi connectivity index (χ2v) is 4.03. The molecule has 0 bridgehead atoms. The molecule has 0 aliphatic carbocycles. The molecule has 1 saturated heterocycles. The van der Waals surface area contributed by atoms with E-state index in [1.165, 1.54) is 0 Å². The average molecular weight is 199 g/mol. The van der Waals surface area contributed by atoms with Gasteiger partial charge in [0.1, 0.15) is 0 Å². The number of nitrogens with two attached hydrogens (primary N) is 1. The summed E-state index contributed by atoms with van der Waals surface area (Å²) >= 11 is 0. The summed E-state index contributed by atoms with van der Waals surface area (Å²) in [4.78, 5) is 13.7. The van der Waals surface area contributed by atoms with Gasteiger partial charge in [0.15, 0.2) is 0 Å². The Balaban J connectivity index is 2.34. The molecule has 1 amide bonds. The molecule has 0 aromatic carbocycles. The van der Waals surface area contributed by atoms with E-state index in [0.29, 0.717) is 6.04 Å². The Hall–Kier alpha value is -0.610. The number of carbonyl (C=O) groups is 1. The lowest BCUT2D eigenvalue weighted by Gasteiger charge is -2.32. The van der Waals surface area contributed by atoms with Crippen molar-refractivity contribution in [3.63, 3.8) is 0 Å². The van der Waals surface area contributed by atoms with Crippen LogP contribution in [0.3, 0.4) is 0 Å². The summed E-state index contributed by atoms with van der Waals surface area (Å²) < 4.78 is 0. The zero-order valence-corrected chi connectivity index (χ0v) is 9.12. The van der Waals surface area contributed by atoms with Crippen LogP contribution >= 0.6 is 0 Å². The second kappa shape index (κ2) is 5.32. The first-order valence-electron chi connectivity index (χ1n) is 5.41. The summed E-state index contributed by atoms with van der Waals surface area (Å²) in [6.45, 7) is 7.05. The maximum atomic E-state index is 11.4. The highest BCUT2D eigenvalue weighted by molar-refractivity contribution is 5.81. The lowest BCUT2D eigenvalue weighted by molar-refractivity contribution is -0.123. The SMILES string of the molecule is CCN1CCCC(NC(=O)C(C)N)C1. The van der Waals surface area contributed by atoms with Crippen molar-refractivity contribution in [2.75, 3.05) is 19.6 Å². The van der Waals surface area contributed by atoms with E-state index in [9.17, 15) is 4.79 Å². The van der Waals surface area contributed by atoms with Gasteiger partial charge >= 0.3 is 0 Å². The van der Waals surface area contributed by atoms with Gasteiger partial charge in [-0.2, -0.15) is 0 Å². The predicted molar refractivity (Wildman–Crippen MR) is 56.9 cm³/mol. The molecule has 1 aliphatic heterocycles. The number of likely N-dealkylation sites (N-methyl/N-ethyl adjacent to an activating group) is 1. The van der Waals surface area contributed by atoms with Crippen LogP contribution in [0.5, 0.6) is 0 Å². The molecule has 1 fully saturated rings. The zero-order valence-electron chi connectivity index (χ0n) is 9.12. The van der Waals surface area contributed by atoms with Crippen molar-refractivity contribution < 1.29 is 4.79 Å². The first-order valence-corrected chi connectivity index (χ1v) is 5.41. The highest BCUT2D eigenvalue weighted by Crippen LogP contribution is 2.09. The minimum atomic E-state index is -0.396. The normalized spacial score (nSPS) is 25.8. The Labute approximate surface area is 85.8 Å². The third kappa shape index (κ3) is 3.27. The number of carbonyl (C=O) groups excluding carboxylic acids is 1. The van der Waals surface area contributed by atoms with Crippen molar-refractivity contribution in [3.05, 3.63) is 0 Å². The topological polar surface area (TPSA) is 58.4 Å². The lowest BCUT2D eigenvalue weighted by atomic mass is 10.1. The molecule has 1 heterocycles. The molecule has 4 nitrogen and oxygen atoms in total.